The van der Waals surface area contributed by atoms with Crippen LogP contribution >= 0.6 is 0 Å². The number of piperidine rings is 1. The van der Waals surface area contributed by atoms with E-state index in [1.54, 1.807) is 0 Å². The molecule has 17 heavy (non-hydrogen) atoms. The van der Waals surface area contributed by atoms with Gasteiger partial charge in [-0.2, -0.15) is 0 Å². The summed E-state index contributed by atoms with van der Waals surface area (Å²) in [5.41, 5.74) is 0.643. The van der Waals surface area contributed by atoms with E-state index in [1.807, 2.05) is 12.1 Å². The van der Waals surface area contributed by atoms with Gasteiger partial charge in [0, 0.05) is 19.7 Å². The van der Waals surface area contributed by atoms with Crippen molar-refractivity contribution >= 4 is 11.5 Å². The van der Waals surface area contributed by atoms with Gasteiger partial charge >= 0.3 is 0 Å². The molecule has 0 amide bonds. The normalized spacial score (nSPS) is 21.0. The van der Waals surface area contributed by atoms with Gasteiger partial charge in [-0.1, -0.05) is 0 Å². The van der Waals surface area contributed by atoms with E-state index >= 15 is 0 Å². The molecule has 7 heteroatoms. The predicted molar refractivity (Wildman–Crippen MR) is 60.6 cm³/mol. The summed E-state index contributed by atoms with van der Waals surface area (Å²) in [5, 5.41) is 24.7. The SMILES string of the molecule is OCC1CCCN(c2ccc3nnnn3n2)C1. The number of rotatable bonds is 2. The van der Waals surface area contributed by atoms with Crippen LogP contribution in [0.4, 0.5) is 5.82 Å². The van der Waals surface area contributed by atoms with E-state index in [0.29, 0.717) is 11.6 Å². The van der Waals surface area contributed by atoms with Crippen LogP contribution in [0.3, 0.4) is 0 Å². The van der Waals surface area contributed by atoms with Gasteiger partial charge in [-0.15, -0.1) is 14.8 Å². The number of aliphatic hydroxyl groups is 1. The summed E-state index contributed by atoms with van der Waals surface area (Å²) in [4.78, 5) is 2.17. The minimum Gasteiger partial charge on any atom is -0.396 e. The van der Waals surface area contributed by atoms with Crippen molar-refractivity contribution < 1.29 is 5.11 Å². The van der Waals surface area contributed by atoms with Gasteiger partial charge in [0.15, 0.2) is 11.5 Å². The van der Waals surface area contributed by atoms with Gasteiger partial charge in [-0.25, -0.2) is 0 Å². The predicted octanol–water partition coefficient (Wildman–Crippen LogP) is -0.272. The Morgan fingerprint density at radius 2 is 2.35 bits per heavy atom. The van der Waals surface area contributed by atoms with E-state index in [2.05, 4.69) is 25.5 Å². The Kier molecular flexibility index (Phi) is 2.60. The molecule has 1 atom stereocenters. The van der Waals surface area contributed by atoms with Crippen LogP contribution in [0.5, 0.6) is 0 Å². The molecule has 0 aliphatic carbocycles. The number of tetrazole rings is 1. The van der Waals surface area contributed by atoms with E-state index in [-0.39, 0.29) is 6.61 Å². The van der Waals surface area contributed by atoms with Gasteiger partial charge in [0.2, 0.25) is 0 Å². The zero-order chi connectivity index (χ0) is 11.7. The Bertz CT molecular complexity index is 512. The minimum absolute atomic E-state index is 0.240. The third-order valence-corrected chi connectivity index (χ3v) is 3.16. The summed E-state index contributed by atoms with van der Waals surface area (Å²) in [7, 11) is 0. The van der Waals surface area contributed by atoms with Crippen molar-refractivity contribution in [2.75, 3.05) is 24.6 Å². The van der Waals surface area contributed by atoms with Gasteiger partial charge in [0.25, 0.3) is 0 Å². The number of aromatic nitrogens is 5. The van der Waals surface area contributed by atoms with Crippen LogP contribution in [0.15, 0.2) is 12.1 Å². The summed E-state index contributed by atoms with van der Waals surface area (Å²) in [6.45, 7) is 2.05. The fraction of sp³-hybridized carbons (Fsp3) is 0.600. The van der Waals surface area contributed by atoms with Crippen molar-refractivity contribution in [1.29, 1.82) is 0 Å². The molecular formula is C10H14N6O. The Balaban J connectivity index is 1.86. The Labute approximate surface area is 98.0 Å². The Morgan fingerprint density at radius 1 is 1.41 bits per heavy atom. The Morgan fingerprint density at radius 3 is 3.24 bits per heavy atom. The zero-order valence-corrected chi connectivity index (χ0v) is 9.40. The largest absolute Gasteiger partial charge is 0.396 e. The van der Waals surface area contributed by atoms with E-state index in [1.165, 1.54) is 4.63 Å². The maximum Gasteiger partial charge on any atom is 0.200 e. The molecule has 2 aromatic heterocycles. The van der Waals surface area contributed by atoms with Crippen LogP contribution in [0.25, 0.3) is 5.65 Å². The van der Waals surface area contributed by atoms with Gasteiger partial charge < -0.3 is 10.0 Å². The molecule has 2 aromatic rings. The molecule has 0 aromatic carbocycles. The van der Waals surface area contributed by atoms with Crippen LogP contribution in [-0.4, -0.2) is 50.1 Å². The van der Waals surface area contributed by atoms with Gasteiger partial charge in [0.1, 0.15) is 0 Å². The van der Waals surface area contributed by atoms with Crippen molar-refractivity contribution in [3.63, 3.8) is 0 Å². The number of hydrogen-bond acceptors (Lipinski definition) is 6. The second-order valence-electron chi connectivity index (χ2n) is 4.35. The fourth-order valence-corrected chi connectivity index (χ4v) is 2.23. The van der Waals surface area contributed by atoms with E-state index in [4.69, 9.17) is 0 Å². The van der Waals surface area contributed by atoms with E-state index in [9.17, 15) is 5.11 Å². The second kappa shape index (κ2) is 4.25. The summed E-state index contributed by atoms with van der Waals surface area (Å²) in [6, 6.07) is 3.77. The maximum absolute atomic E-state index is 9.21. The highest BCUT2D eigenvalue weighted by Crippen LogP contribution is 2.20. The highest BCUT2D eigenvalue weighted by molar-refractivity contribution is 5.44. The number of aliphatic hydroxyl groups excluding tert-OH is 1. The van der Waals surface area contributed by atoms with Crippen molar-refractivity contribution in [2.45, 2.75) is 12.8 Å². The standard InChI is InChI=1S/C10H14N6O/c17-7-8-2-1-5-15(6-8)10-4-3-9-11-13-14-16(9)12-10/h3-4,8,17H,1-2,5-7H2. The molecule has 1 aliphatic rings. The zero-order valence-electron chi connectivity index (χ0n) is 9.40. The molecule has 1 N–H and O–H groups in total. The van der Waals surface area contributed by atoms with Crippen molar-refractivity contribution in [3.05, 3.63) is 12.1 Å². The summed E-state index contributed by atoms with van der Waals surface area (Å²) in [5.74, 6) is 1.21. The molecule has 0 spiro atoms. The van der Waals surface area contributed by atoms with Gasteiger partial charge in [-0.05, 0) is 41.3 Å². The van der Waals surface area contributed by atoms with Crippen LogP contribution < -0.4 is 4.90 Å². The fourth-order valence-electron chi connectivity index (χ4n) is 2.23. The topological polar surface area (TPSA) is 79.4 Å². The highest BCUT2D eigenvalue weighted by atomic mass is 16.3. The molecule has 3 heterocycles. The van der Waals surface area contributed by atoms with Crippen molar-refractivity contribution in [2.24, 2.45) is 5.92 Å². The number of anilines is 1. The van der Waals surface area contributed by atoms with E-state index in [0.717, 1.165) is 31.7 Å². The summed E-state index contributed by atoms with van der Waals surface area (Å²) >= 11 is 0. The first-order chi connectivity index (χ1) is 8.36. The molecule has 0 radical (unpaired) electrons. The minimum atomic E-state index is 0.240. The number of hydrogen-bond donors (Lipinski definition) is 1. The van der Waals surface area contributed by atoms with Crippen molar-refractivity contribution in [3.8, 4) is 0 Å². The first kappa shape index (κ1) is 10.4. The lowest BCUT2D eigenvalue weighted by atomic mass is 9.99. The third-order valence-electron chi connectivity index (χ3n) is 3.16. The number of nitrogens with zero attached hydrogens (tertiary/aromatic N) is 6. The van der Waals surface area contributed by atoms with Gasteiger partial charge in [0.05, 0.1) is 0 Å². The van der Waals surface area contributed by atoms with Crippen LogP contribution in [0.2, 0.25) is 0 Å². The molecule has 1 fully saturated rings. The smallest absolute Gasteiger partial charge is 0.200 e. The van der Waals surface area contributed by atoms with Crippen LogP contribution in [0.1, 0.15) is 12.8 Å². The lowest BCUT2D eigenvalue weighted by Gasteiger charge is -2.32. The average molecular weight is 234 g/mol. The maximum atomic E-state index is 9.21. The molecule has 3 rings (SSSR count). The molecule has 0 saturated carbocycles. The lowest BCUT2D eigenvalue weighted by molar-refractivity contribution is 0.208. The monoisotopic (exact) mass is 234 g/mol. The molecule has 0 bridgehead atoms. The van der Waals surface area contributed by atoms with Crippen LogP contribution in [-0.2, 0) is 0 Å². The first-order valence-electron chi connectivity index (χ1n) is 5.78. The van der Waals surface area contributed by atoms with Crippen molar-refractivity contribution in [1.82, 2.24) is 25.3 Å². The molecule has 1 saturated heterocycles. The Hall–Kier alpha value is -1.76. The molecule has 1 aliphatic heterocycles. The summed E-state index contributed by atoms with van der Waals surface area (Å²) < 4.78 is 1.43. The van der Waals surface area contributed by atoms with E-state index < -0.39 is 0 Å². The molecule has 7 nitrogen and oxygen atoms in total. The van der Waals surface area contributed by atoms with Crippen LogP contribution in [0, 0.1) is 5.92 Å². The first-order valence-corrected chi connectivity index (χ1v) is 5.78. The molecule has 1 unspecified atom stereocenters. The lowest BCUT2D eigenvalue weighted by Crippen LogP contribution is -2.37. The highest BCUT2D eigenvalue weighted by Gasteiger charge is 2.20. The summed E-state index contributed by atoms with van der Waals surface area (Å²) in [6.07, 6.45) is 2.17. The van der Waals surface area contributed by atoms with Gasteiger partial charge in [-0.3, -0.25) is 0 Å². The molecule has 90 valence electrons. The average Bonchev–Trinajstić information content (AvgIpc) is 2.86. The third kappa shape index (κ3) is 1.93. The molecular weight excluding hydrogens is 220 g/mol. The quantitative estimate of drug-likeness (QED) is 0.770. The second-order valence-corrected chi connectivity index (χ2v) is 4.35. The number of fused-ring (bicyclic) bond motifs is 1.